The van der Waals surface area contributed by atoms with Crippen LogP contribution in [0.25, 0.3) is 20.9 Å². The molecular weight excluding hydrogens is 456 g/mol. The van der Waals surface area contributed by atoms with E-state index in [0.717, 1.165) is 26.5 Å². The van der Waals surface area contributed by atoms with Gasteiger partial charge in [-0.15, -0.1) is 0 Å². The number of thiazole rings is 1. The summed E-state index contributed by atoms with van der Waals surface area (Å²) in [5.74, 6) is -0.304. The average molecular weight is 481 g/mol. The molecule has 33 heavy (non-hydrogen) atoms. The predicted molar refractivity (Wildman–Crippen MR) is 132 cm³/mol. The molecule has 9 heteroatoms. The summed E-state index contributed by atoms with van der Waals surface area (Å²) in [5, 5.41) is 3.78. The lowest BCUT2D eigenvalue weighted by Crippen LogP contribution is -2.30. The minimum atomic E-state index is -3.56. The SMILES string of the molecule is CCN(CC)S(=O)(=O)c1ccc(C(=O)Nc2ccc(-c3nc4cccnc4s3)cc2C)cc1. The topological polar surface area (TPSA) is 92.3 Å². The fraction of sp³-hybridized carbons (Fsp3) is 0.208. The van der Waals surface area contributed by atoms with Crippen LogP contribution in [0.5, 0.6) is 0 Å². The first-order valence-electron chi connectivity index (χ1n) is 10.6. The zero-order valence-corrected chi connectivity index (χ0v) is 20.2. The molecule has 0 aliphatic carbocycles. The van der Waals surface area contributed by atoms with Crippen LogP contribution < -0.4 is 5.32 Å². The second kappa shape index (κ2) is 9.38. The van der Waals surface area contributed by atoms with Gasteiger partial charge in [0.05, 0.1) is 4.90 Å². The van der Waals surface area contributed by atoms with Crippen molar-refractivity contribution in [1.82, 2.24) is 14.3 Å². The van der Waals surface area contributed by atoms with E-state index in [1.54, 1.807) is 20.0 Å². The fourth-order valence-electron chi connectivity index (χ4n) is 3.52. The standard InChI is InChI=1S/C24H24N4O3S2/c1-4-28(5-2)33(30,31)19-11-8-17(9-12-19)22(29)26-20-13-10-18(15-16(20)3)23-27-21-7-6-14-25-24(21)32-23/h6-15H,4-5H2,1-3H3,(H,26,29). The summed E-state index contributed by atoms with van der Waals surface area (Å²) in [4.78, 5) is 22.8. The molecule has 0 aliphatic rings. The van der Waals surface area contributed by atoms with Crippen LogP contribution >= 0.6 is 11.3 Å². The number of aromatic nitrogens is 2. The van der Waals surface area contributed by atoms with Crippen LogP contribution in [-0.4, -0.2) is 41.7 Å². The number of sulfonamides is 1. The Hall–Kier alpha value is -3.14. The van der Waals surface area contributed by atoms with Crippen molar-refractivity contribution in [1.29, 1.82) is 0 Å². The van der Waals surface area contributed by atoms with Gasteiger partial charge < -0.3 is 5.32 Å². The van der Waals surface area contributed by atoms with Gasteiger partial charge >= 0.3 is 0 Å². The largest absolute Gasteiger partial charge is 0.322 e. The van der Waals surface area contributed by atoms with Crippen molar-refractivity contribution >= 4 is 43.3 Å². The molecule has 0 aliphatic heterocycles. The minimum Gasteiger partial charge on any atom is -0.322 e. The summed E-state index contributed by atoms with van der Waals surface area (Å²) < 4.78 is 26.7. The van der Waals surface area contributed by atoms with Gasteiger partial charge in [0.2, 0.25) is 10.0 Å². The minimum absolute atomic E-state index is 0.175. The molecule has 4 rings (SSSR count). The van der Waals surface area contributed by atoms with Crippen LogP contribution in [-0.2, 0) is 10.0 Å². The molecule has 0 atom stereocenters. The third kappa shape index (κ3) is 4.66. The smallest absolute Gasteiger partial charge is 0.255 e. The van der Waals surface area contributed by atoms with Gasteiger partial charge in [0.1, 0.15) is 15.4 Å². The maximum Gasteiger partial charge on any atom is 0.255 e. The Bertz CT molecular complexity index is 1380. The Morgan fingerprint density at radius 2 is 1.79 bits per heavy atom. The normalized spacial score (nSPS) is 11.8. The average Bonchev–Trinajstić information content (AvgIpc) is 3.25. The highest BCUT2D eigenvalue weighted by molar-refractivity contribution is 7.89. The van der Waals surface area contributed by atoms with E-state index in [2.05, 4.69) is 15.3 Å². The van der Waals surface area contributed by atoms with Gasteiger partial charge in [-0.3, -0.25) is 4.79 Å². The molecule has 0 bridgehead atoms. The Labute approximate surface area is 197 Å². The van der Waals surface area contributed by atoms with E-state index in [4.69, 9.17) is 0 Å². The molecule has 170 valence electrons. The van der Waals surface area contributed by atoms with Gasteiger partial charge in [-0.2, -0.15) is 4.31 Å². The highest BCUT2D eigenvalue weighted by Crippen LogP contribution is 2.31. The summed E-state index contributed by atoms with van der Waals surface area (Å²) in [7, 11) is -3.56. The summed E-state index contributed by atoms with van der Waals surface area (Å²) in [5.41, 5.74) is 3.78. The second-order valence-electron chi connectivity index (χ2n) is 7.44. The van der Waals surface area contributed by atoms with E-state index in [-0.39, 0.29) is 10.8 Å². The third-order valence-electron chi connectivity index (χ3n) is 5.35. The molecule has 0 radical (unpaired) electrons. The number of benzene rings is 2. The molecule has 2 aromatic heterocycles. The van der Waals surface area contributed by atoms with E-state index < -0.39 is 10.0 Å². The van der Waals surface area contributed by atoms with Crippen molar-refractivity contribution in [3.05, 3.63) is 71.9 Å². The first kappa shape index (κ1) is 23.0. The Morgan fingerprint density at radius 1 is 1.06 bits per heavy atom. The lowest BCUT2D eigenvalue weighted by atomic mass is 10.1. The quantitative estimate of drug-likeness (QED) is 0.404. The highest BCUT2D eigenvalue weighted by Gasteiger charge is 2.21. The Balaban J connectivity index is 1.51. The van der Waals surface area contributed by atoms with Crippen molar-refractivity contribution in [3.8, 4) is 10.6 Å². The summed E-state index contributed by atoms with van der Waals surface area (Å²) in [6.07, 6.45) is 1.75. The maximum atomic E-state index is 12.8. The van der Waals surface area contributed by atoms with Crippen LogP contribution in [0.3, 0.4) is 0 Å². The molecule has 4 aromatic rings. The van der Waals surface area contributed by atoms with Gasteiger partial charge in [-0.05, 0) is 67.1 Å². The molecule has 0 fully saturated rings. The van der Waals surface area contributed by atoms with E-state index >= 15 is 0 Å². The number of anilines is 1. The molecular formula is C24H24N4O3S2. The zero-order valence-electron chi connectivity index (χ0n) is 18.6. The van der Waals surface area contributed by atoms with E-state index in [0.29, 0.717) is 24.3 Å². The first-order chi connectivity index (χ1) is 15.8. The molecule has 0 saturated carbocycles. The number of hydrogen-bond acceptors (Lipinski definition) is 6. The van der Waals surface area contributed by atoms with E-state index in [1.807, 2.05) is 37.3 Å². The van der Waals surface area contributed by atoms with Crippen LogP contribution in [0.15, 0.2) is 65.7 Å². The summed E-state index contributed by atoms with van der Waals surface area (Å²) in [6.45, 7) is 6.30. The first-order valence-corrected chi connectivity index (χ1v) is 12.8. The Kier molecular flexibility index (Phi) is 6.55. The van der Waals surface area contributed by atoms with Gasteiger partial charge in [-0.25, -0.2) is 18.4 Å². The number of pyridine rings is 1. The molecule has 1 amide bonds. The van der Waals surface area contributed by atoms with Crippen molar-refractivity contribution in [2.45, 2.75) is 25.7 Å². The van der Waals surface area contributed by atoms with Gasteiger partial charge in [0.15, 0.2) is 0 Å². The van der Waals surface area contributed by atoms with Gasteiger partial charge in [0.25, 0.3) is 5.91 Å². The lowest BCUT2D eigenvalue weighted by Gasteiger charge is -2.18. The lowest BCUT2D eigenvalue weighted by molar-refractivity contribution is 0.102. The van der Waals surface area contributed by atoms with Crippen molar-refractivity contribution < 1.29 is 13.2 Å². The van der Waals surface area contributed by atoms with E-state index in [9.17, 15) is 13.2 Å². The predicted octanol–water partition coefficient (Wildman–Crippen LogP) is 4.95. The monoisotopic (exact) mass is 480 g/mol. The van der Waals surface area contributed by atoms with Crippen molar-refractivity contribution in [2.24, 2.45) is 0 Å². The van der Waals surface area contributed by atoms with Crippen molar-refractivity contribution in [3.63, 3.8) is 0 Å². The number of amides is 1. The molecule has 7 nitrogen and oxygen atoms in total. The second-order valence-corrected chi connectivity index (χ2v) is 10.4. The fourth-order valence-corrected chi connectivity index (χ4v) is 5.88. The maximum absolute atomic E-state index is 12.8. The van der Waals surface area contributed by atoms with Crippen LogP contribution in [0.4, 0.5) is 5.69 Å². The van der Waals surface area contributed by atoms with Gasteiger partial charge in [0, 0.05) is 36.1 Å². The highest BCUT2D eigenvalue weighted by atomic mass is 32.2. The van der Waals surface area contributed by atoms with Crippen LogP contribution in [0.2, 0.25) is 0 Å². The summed E-state index contributed by atoms with van der Waals surface area (Å²) >= 11 is 1.52. The third-order valence-corrected chi connectivity index (χ3v) is 8.44. The zero-order chi connectivity index (χ0) is 23.6. The number of aryl methyl sites for hydroxylation is 1. The molecule has 2 aromatic carbocycles. The molecule has 0 spiro atoms. The van der Waals surface area contributed by atoms with Crippen LogP contribution in [0, 0.1) is 6.92 Å². The summed E-state index contributed by atoms with van der Waals surface area (Å²) in [6, 6.07) is 15.5. The Morgan fingerprint density at radius 3 is 2.42 bits per heavy atom. The molecule has 1 N–H and O–H groups in total. The number of hydrogen-bond donors (Lipinski definition) is 1. The molecule has 2 heterocycles. The number of rotatable bonds is 7. The number of carbonyl (C=O) groups excluding carboxylic acids is 1. The van der Waals surface area contributed by atoms with Crippen LogP contribution in [0.1, 0.15) is 29.8 Å². The molecule has 0 saturated heterocycles. The number of nitrogens with one attached hydrogen (secondary N) is 1. The van der Waals surface area contributed by atoms with Gasteiger partial charge in [-0.1, -0.05) is 25.2 Å². The van der Waals surface area contributed by atoms with E-state index in [1.165, 1.54) is 39.9 Å². The molecule has 0 unspecified atom stereocenters. The number of fused-ring (bicyclic) bond motifs is 1. The number of nitrogens with zero attached hydrogens (tertiary/aromatic N) is 3. The van der Waals surface area contributed by atoms with Crippen molar-refractivity contribution in [2.75, 3.05) is 18.4 Å². The number of carbonyl (C=O) groups is 1.